The van der Waals surface area contributed by atoms with Crippen molar-refractivity contribution in [1.82, 2.24) is 0 Å². The monoisotopic (exact) mass is 425 g/mol. The van der Waals surface area contributed by atoms with E-state index in [0.29, 0.717) is 33.7 Å². The Kier molecular flexibility index (Phi) is 4.95. The number of ketones is 1. The number of amides is 1. The molecular formula is C26H19NO5. The van der Waals surface area contributed by atoms with Gasteiger partial charge in [0.15, 0.2) is 17.3 Å². The fraction of sp³-hybridized carbons (Fsp3) is 0.0769. The minimum Gasteiger partial charge on any atom is -0.454 e. The first kappa shape index (κ1) is 19.6. The van der Waals surface area contributed by atoms with E-state index in [1.165, 1.54) is 6.08 Å². The molecule has 158 valence electrons. The summed E-state index contributed by atoms with van der Waals surface area (Å²) in [5.74, 6) is 0.413. The van der Waals surface area contributed by atoms with Crippen LogP contribution < -0.4 is 14.8 Å². The standard InChI is InChI=1S/C26H19NO5/c1-16-6-8-17(9-7-16)10-13-23(28)27-24-19-4-2-3-5-20(19)32-26(24)25(29)18-11-12-21-22(14-18)31-15-30-21/h2-14H,15H2,1H3,(H,27,28)/b13-10+. The molecule has 5 rings (SSSR count). The van der Waals surface area contributed by atoms with Crippen LogP contribution in [0.4, 0.5) is 5.69 Å². The largest absolute Gasteiger partial charge is 0.454 e. The molecule has 0 bridgehead atoms. The van der Waals surface area contributed by atoms with Gasteiger partial charge in [-0.25, -0.2) is 0 Å². The molecule has 0 spiro atoms. The van der Waals surface area contributed by atoms with E-state index in [0.717, 1.165) is 11.1 Å². The summed E-state index contributed by atoms with van der Waals surface area (Å²) in [5.41, 5.74) is 3.26. The normalized spacial score (nSPS) is 12.4. The van der Waals surface area contributed by atoms with Gasteiger partial charge in [0.05, 0.1) is 5.69 Å². The molecule has 6 nitrogen and oxygen atoms in total. The van der Waals surface area contributed by atoms with Gasteiger partial charge in [0.2, 0.25) is 18.5 Å². The zero-order chi connectivity index (χ0) is 22.1. The van der Waals surface area contributed by atoms with Crippen LogP contribution in [-0.4, -0.2) is 18.5 Å². The highest BCUT2D eigenvalue weighted by molar-refractivity contribution is 6.18. The van der Waals surface area contributed by atoms with E-state index < -0.39 is 0 Å². The van der Waals surface area contributed by atoms with Crippen LogP contribution in [0.3, 0.4) is 0 Å². The number of para-hydroxylation sites is 1. The second kappa shape index (κ2) is 8.07. The molecule has 1 aliphatic rings. The number of ether oxygens (including phenoxy) is 2. The predicted octanol–water partition coefficient (Wildman–Crippen LogP) is 5.35. The summed E-state index contributed by atoms with van der Waals surface area (Å²) in [6.45, 7) is 2.12. The molecule has 0 fully saturated rings. The van der Waals surface area contributed by atoms with Gasteiger partial charge in [-0.1, -0.05) is 42.0 Å². The zero-order valence-electron chi connectivity index (χ0n) is 17.3. The van der Waals surface area contributed by atoms with Crippen LogP contribution in [0, 0.1) is 6.92 Å². The minimum atomic E-state index is -0.364. The summed E-state index contributed by atoms with van der Waals surface area (Å²) >= 11 is 0. The quantitative estimate of drug-likeness (QED) is 0.344. The molecule has 1 aromatic heterocycles. The van der Waals surface area contributed by atoms with Crippen molar-refractivity contribution >= 4 is 34.4 Å². The van der Waals surface area contributed by atoms with Gasteiger partial charge in [-0.3, -0.25) is 9.59 Å². The summed E-state index contributed by atoms with van der Waals surface area (Å²) in [6, 6.07) is 19.9. The lowest BCUT2D eigenvalue weighted by Crippen LogP contribution is -2.11. The van der Waals surface area contributed by atoms with Gasteiger partial charge in [-0.15, -0.1) is 0 Å². The Hall–Kier alpha value is -4.32. The van der Waals surface area contributed by atoms with Crippen molar-refractivity contribution in [3.63, 3.8) is 0 Å². The number of fused-ring (bicyclic) bond motifs is 2. The lowest BCUT2D eigenvalue weighted by atomic mass is 10.1. The van der Waals surface area contributed by atoms with Crippen molar-refractivity contribution in [2.75, 3.05) is 12.1 Å². The molecule has 1 N–H and O–H groups in total. The SMILES string of the molecule is Cc1ccc(/C=C/C(=O)Nc2c(C(=O)c3ccc4c(c3)OCO4)oc3ccccc23)cc1. The van der Waals surface area contributed by atoms with Crippen molar-refractivity contribution in [2.24, 2.45) is 0 Å². The number of anilines is 1. The van der Waals surface area contributed by atoms with Crippen LogP contribution in [0.2, 0.25) is 0 Å². The summed E-state index contributed by atoms with van der Waals surface area (Å²) in [7, 11) is 0. The number of aryl methyl sites for hydroxylation is 1. The van der Waals surface area contributed by atoms with Crippen molar-refractivity contribution in [3.8, 4) is 11.5 Å². The fourth-order valence-corrected chi connectivity index (χ4v) is 3.51. The van der Waals surface area contributed by atoms with Crippen molar-refractivity contribution in [1.29, 1.82) is 0 Å². The van der Waals surface area contributed by atoms with Crippen LogP contribution in [0.1, 0.15) is 27.2 Å². The number of benzene rings is 3. The van der Waals surface area contributed by atoms with E-state index in [9.17, 15) is 9.59 Å². The van der Waals surface area contributed by atoms with E-state index in [4.69, 9.17) is 13.9 Å². The maximum Gasteiger partial charge on any atom is 0.248 e. The average Bonchev–Trinajstić information content (AvgIpc) is 3.42. The third kappa shape index (κ3) is 3.74. The van der Waals surface area contributed by atoms with E-state index in [1.807, 2.05) is 43.3 Å². The van der Waals surface area contributed by atoms with Gasteiger partial charge in [-0.05, 0) is 48.9 Å². The third-order valence-electron chi connectivity index (χ3n) is 5.19. The van der Waals surface area contributed by atoms with Crippen LogP contribution in [0.5, 0.6) is 11.5 Å². The predicted molar refractivity (Wildman–Crippen MR) is 121 cm³/mol. The first-order valence-corrected chi connectivity index (χ1v) is 10.1. The fourth-order valence-electron chi connectivity index (χ4n) is 3.51. The Morgan fingerprint density at radius 1 is 0.938 bits per heavy atom. The number of rotatable bonds is 5. The Morgan fingerprint density at radius 3 is 2.56 bits per heavy atom. The number of hydrogen-bond acceptors (Lipinski definition) is 5. The Balaban J connectivity index is 1.47. The highest BCUT2D eigenvalue weighted by atomic mass is 16.7. The first-order chi connectivity index (χ1) is 15.6. The molecular weight excluding hydrogens is 406 g/mol. The molecule has 1 amide bonds. The first-order valence-electron chi connectivity index (χ1n) is 10.1. The lowest BCUT2D eigenvalue weighted by Gasteiger charge is -2.05. The Bertz CT molecular complexity index is 1370. The molecule has 6 heteroatoms. The van der Waals surface area contributed by atoms with Crippen LogP contribution in [-0.2, 0) is 4.79 Å². The molecule has 0 atom stereocenters. The molecule has 0 saturated heterocycles. The highest BCUT2D eigenvalue weighted by Gasteiger charge is 2.25. The molecule has 0 saturated carbocycles. The van der Waals surface area contributed by atoms with Gasteiger partial charge in [0.25, 0.3) is 0 Å². The van der Waals surface area contributed by atoms with Crippen molar-refractivity contribution < 1.29 is 23.5 Å². The van der Waals surface area contributed by atoms with Crippen LogP contribution in [0.15, 0.2) is 77.2 Å². The summed E-state index contributed by atoms with van der Waals surface area (Å²) in [5, 5.41) is 3.47. The Labute approximate surface area is 184 Å². The van der Waals surface area contributed by atoms with Crippen LogP contribution in [0.25, 0.3) is 17.0 Å². The average molecular weight is 425 g/mol. The van der Waals surface area contributed by atoms with E-state index in [2.05, 4.69) is 5.32 Å². The van der Waals surface area contributed by atoms with Gasteiger partial charge in [0.1, 0.15) is 5.58 Å². The van der Waals surface area contributed by atoms with Crippen LogP contribution >= 0.6 is 0 Å². The molecule has 32 heavy (non-hydrogen) atoms. The van der Waals surface area contributed by atoms with Gasteiger partial charge >= 0.3 is 0 Å². The summed E-state index contributed by atoms with van der Waals surface area (Å²) in [4.78, 5) is 25.9. The Morgan fingerprint density at radius 2 is 1.72 bits per heavy atom. The molecule has 2 heterocycles. The molecule has 0 radical (unpaired) electrons. The third-order valence-corrected chi connectivity index (χ3v) is 5.19. The maximum atomic E-state index is 13.3. The number of carbonyl (C=O) groups is 2. The highest BCUT2D eigenvalue weighted by Crippen LogP contribution is 2.36. The second-order valence-corrected chi connectivity index (χ2v) is 7.43. The van der Waals surface area contributed by atoms with Gasteiger partial charge in [0, 0.05) is 17.0 Å². The molecule has 4 aromatic rings. The number of furan rings is 1. The second-order valence-electron chi connectivity index (χ2n) is 7.43. The topological polar surface area (TPSA) is 77.8 Å². The molecule has 3 aromatic carbocycles. The van der Waals surface area contributed by atoms with Crippen molar-refractivity contribution in [3.05, 3.63) is 95.3 Å². The molecule has 1 aliphatic heterocycles. The van der Waals surface area contributed by atoms with Gasteiger partial charge in [-0.2, -0.15) is 0 Å². The van der Waals surface area contributed by atoms with Crippen molar-refractivity contribution in [2.45, 2.75) is 6.92 Å². The zero-order valence-corrected chi connectivity index (χ0v) is 17.3. The maximum absolute atomic E-state index is 13.3. The lowest BCUT2D eigenvalue weighted by molar-refractivity contribution is -0.111. The molecule has 0 aliphatic carbocycles. The van der Waals surface area contributed by atoms with E-state index >= 15 is 0 Å². The smallest absolute Gasteiger partial charge is 0.248 e. The number of hydrogen-bond donors (Lipinski definition) is 1. The van der Waals surface area contributed by atoms with E-state index in [1.54, 1.807) is 36.4 Å². The molecule has 0 unspecified atom stereocenters. The number of carbonyl (C=O) groups excluding carboxylic acids is 2. The summed E-state index contributed by atoms with van der Waals surface area (Å²) in [6.07, 6.45) is 3.15. The number of nitrogens with one attached hydrogen (secondary N) is 1. The van der Waals surface area contributed by atoms with E-state index in [-0.39, 0.29) is 24.2 Å². The minimum absolute atomic E-state index is 0.0575. The summed E-state index contributed by atoms with van der Waals surface area (Å²) < 4.78 is 16.5. The van der Waals surface area contributed by atoms with Gasteiger partial charge < -0.3 is 19.2 Å².